The van der Waals surface area contributed by atoms with Crippen molar-refractivity contribution in [2.24, 2.45) is 0 Å². The molecule has 0 aromatic heterocycles. The zero-order valence-corrected chi connectivity index (χ0v) is 12.1. The van der Waals surface area contributed by atoms with Crippen molar-refractivity contribution in [3.63, 3.8) is 0 Å². The fourth-order valence-electron chi connectivity index (χ4n) is 0.420. The number of alkyl halides is 5. The lowest BCUT2D eigenvalue weighted by Gasteiger charge is -2.02. The van der Waals surface area contributed by atoms with Gasteiger partial charge in [0.2, 0.25) is 0 Å². The van der Waals surface area contributed by atoms with E-state index in [-0.39, 0.29) is 6.42 Å². The van der Waals surface area contributed by atoms with Crippen LogP contribution in [0.25, 0.3) is 0 Å². The monoisotopic (exact) mass is 422 g/mol. The van der Waals surface area contributed by atoms with Crippen molar-refractivity contribution >= 4 is 45.2 Å². The highest BCUT2D eigenvalue weighted by atomic mass is 127. The predicted octanol–water partition coefficient (Wildman–Crippen LogP) is 4.98. The molecule has 0 radical (unpaired) electrons. The number of hydrogen-bond donors (Lipinski definition) is 0. The van der Waals surface area contributed by atoms with Gasteiger partial charge in [-0.3, -0.25) is 0 Å². The molecule has 0 aliphatic heterocycles. The Morgan fingerprint density at radius 2 is 1.54 bits per heavy atom. The first kappa shape index (κ1) is 16.7. The van der Waals surface area contributed by atoms with E-state index in [1.807, 2.05) is 0 Å². The van der Waals surface area contributed by atoms with Crippen LogP contribution < -0.4 is 0 Å². The molecule has 82 valence electrons. The van der Waals surface area contributed by atoms with Crippen molar-refractivity contribution in [2.75, 3.05) is 4.43 Å². The largest absolute Gasteiger partial charge is 0.389 e. The van der Waals surface area contributed by atoms with Gasteiger partial charge in [-0.25, -0.2) is 0 Å². The molecule has 0 N–H and O–H groups in total. The third kappa shape index (κ3) is 31.9. The quantitative estimate of drug-likeness (QED) is 0.342. The molecule has 0 aromatic carbocycles. The molecule has 0 bridgehead atoms. The molecule has 0 heterocycles. The summed E-state index contributed by atoms with van der Waals surface area (Å²) in [4.78, 5) is 0. The number of unbranched alkanes of at least 4 members (excludes halogenated alkanes) is 1. The van der Waals surface area contributed by atoms with Crippen molar-refractivity contribution in [3.05, 3.63) is 0 Å². The van der Waals surface area contributed by atoms with Crippen molar-refractivity contribution in [1.82, 2.24) is 0 Å². The van der Waals surface area contributed by atoms with Crippen LogP contribution in [0, 0.1) is 0 Å². The van der Waals surface area contributed by atoms with Crippen LogP contribution in [0.4, 0.5) is 13.2 Å². The van der Waals surface area contributed by atoms with E-state index >= 15 is 0 Å². The van der Waals surface area contributed by atoms with Crippen LogP contribution in [-0.4, -0.2) is 14.5 Å². The molecular formula is C8H15F3I2. The van der Waals surface area contributed by atoms with Gasteiger partial charge in [0.15, 0.2) is 0 Å². The maximum atomic E-state index is 11.4. The Balaban J connectivity index is 0. The Hall–Kier alpha value is 1.25. The van der Waals surface area contributed by atoms with Crippen LogP contribution in [0.2, 0.25) is 0 Å². The van der Waals surface area contributed by atoms with Gasteiger partial charge in [-0.15, -0.1) is 0 Å². The summed E-state index contributed by atoms with van der Waals surface area (Å²) in [6, 6.07) is 0. The van der Waals surface area contributed by atoms with E-state index < -0.39 is 12.6 Å². The van der Waals surface area contributed by atoms with E-state index in [1.54, 1.807) is 0 Å². The highest BCUT2D eigenvalue weighted by Gasteiger charge is 2.25. The molecule has 0 atom stereocenters. The number of halogens is 5. The molecule has 0 aliphatic rings. The molecule has 0 saturated carbocycles. The van der Waals surface area contributed by atoms with Crippen LogP contribution in [-0.2, 0) is 0 Å². The Morgan fingerprint density at radius 3 is 1.77 bits per heavy atom. The first-order valence-electron chi connectivity index (χ1n) is 4.06. The summed E-state index contributed by atoms with van der Waals surface area (Å²) < 4.78 is 35.7. The van der Waals surface area contributed by atoms with Crippen molar-refractivity contribution in [1.29, 1.82) is 0 Å². The van der Waals surface area contributed by atoms with Gasteiger partial charge in [0.25, 0.3) is 0 Å². The van der Waals surface area contributed by atoms with Crippen molar-refractivity contribution in [2.45, 2.75) is 43.2 Å². The lowest BCUT2D eigenvalue weighted by atomic mass is 10.2. The van der Waals surface area contributed by atoms with Crippen molar-refractivity contribution < 1.29 is 13.2 Å². The minimum absolute atomic E-state index is 0.270. The second-order valence-corrected chi connectivity index (χ2v) is 6.35. The highest BCUT2D eigenvalue weighted by Crippen LogP contribution is 2.22. The van der Waals surface area contributed by atoms with Gasteiger partial charge in [0.05, 0.1) is 0 Å². The van der Waals surface area contributed by atoms with E-state index in [2.05, 4.69) is 59.0 Å². The Morgan fingerprint density at radius 1 is 1.15 bits per heavy atom. The zero-order valence-electron chi connectivity index (χ0n) is 7.80. The van der Waals surface area contributed by atoms with E-state index in [9.17, 15) is 13.2 Å². The molecule has 0 spiro atoms. The highest BCUT2D eigenvalue weighted by molar-refractivity contribution is 14.1. The first-order chi connectivity index (χ1) is 5.79. The number of rotatable bonds is 3. The van der Waals surface area contributed by atoms with Crippen LogP contribution in [0.15, 0.2) is 0 Å². The van der Waals surface area contributed by atoms with E-state index in [0.717, 1.165) is 8.35 Å². The minimum atomic E-state index is -3.95. The van der Waals surface area contributed by atoms with Crippen LogP contribution in [0.1, 0.15) is 33.1 Å². The molecule has 13 heavy (non-hydrogen) atoms. The SMILES string of the molecule is CC(C)I.FC(F)(F)CCCCI. The standard InChI is InChI=1S/C5H8F3I.C3H7I/c6-5(7,8)3-1-2-4-9;1-3(2)4/h1-4H2;3H,1-2H3. The summed E-state index contributed by atoms with van der Waals surface area (Å²) in [6.45, 7) is 4.31. The molecule has 0 nitrogen and oxygen atoms in total. The third-order valence-electron chi connectivity index (χ3n) is 0.844. The van der Waals surface area contributed by atoms with Gasteiger partial charge >= 0.3 is 6.18 Å². The predicted molar refractivity (Wildman–Crippen MR) is 67.9 cm³/mol. The normalized spacial score (nSPS) is 11.1. The fourth-order valence-corrected chi connectivity index (χ4v) is 0.959. The second kappa shape index (κ2) is 9.79. The molecule has 0 aromatic rings. The van der Waals surface area contributed by atoms with E-state index in [0.29, 0.717) is 6.42 Å². The van der Waals surface area contributed by atoms with Crippen LogP contribution >= 0.6 is 45.2 Å². The Kier molecular flexibility index (Phi) is 12.6. The second-order valence-electron chi connectivity index (χ2n) is 2.78. The number of hydrogen-bond acceptors (Lipinski definition) is 0. The summed E-state index contributed by atoms with van der Waals surface area (Å²) in [5.74, 6) is 0. The maximum absolute atomic E-state index is 11.4. The van der Waals surface area contributed by atoms with Gasteiger partial charge in [0.1, 0.15) is 0 Å². The zero-order chi connectivity index (χ0) is 10.9. The lowest BCUT2D eigenvalue weighted by molar-refractivity contribution is -0.135. The first-order valence-corrected chi connectivity index (χ1v) is 6.83. The van der Waals surface area contributed by atoms with Gasteiger partial charge < -0.3 is 0 Å². The molecule has 0 rings (SSSR count). The van der Waals surface area contributed by atoms with Gasteiger partial charge in [-0.05, 0) is 17.3 Å². The summed E-state index contributed by atoms with van der Waals surface area (Å²) in [5.41, 5.74) is 0. The Bertz CT molecular complexity index is 99.3. The maximum Gasteiger partial charge on any atom is 0.389 e. The minimum Gasteiger partial charge on any atom is -0.171 e. The molecular weight excluding hydrogens is 407 g/mol. The van der Waals surface area contributed by atoms with Crippen LogP contribution in [0.3, 0.4) is 0 Å². The molecule has 0 amide bonds. The van der Waals surface area contributed by atoms with E-state index in [1.165, 1.54) is 0 Å². The lowest BCUT2D eigenvalue weighted by Crippen LogP contribution is -2.06. The summed E-state index contributed by atoms with van der Waals surface area (Å²) in [5, 5.41) is 0. The van der Waals surface area contributed by atoms with Crippen molar-refractivity contribution in [3.8, 4) is 0 Å². The molecule has 0 unspecified atom stereocenters. The summed E-state index contributed by atoms with van der Waals surface area (Å²) in [6.07, 6.45) is -3.64. The van der Waals surface area contributed by atoms with Crippen LogP contribution in [0.5, 0.6) is 0 Å². The summed E-state index contributed by atoms with van der Waals surface area (Å²) in [7, 11) is 0. The fraction of sp³-hybridized carbons (Fsp3) is 1.00. The van der Waals surface area contributed by atoms with Gasteiger partial charge in [-0.1, -0.05) is 59.0 Å². The van der Waals surface area contributed by atoms with Gasteiger partial charge in [0, 0.05) is 10.3 Å². The van der Waals surface area contributed by atoms with Gasteiger partial charge in [-0.2, -0.15) is 13.2 Å². The summed E-state index contributed by atoms with van der Waals surface area (Å²) >= 11 is 4.41. The van der Waals surface area contributed by atoms with E-state index in [4.69, 9.17) is 0 Å². The average molecular weight is 422 g/mol. The smallest absolute Gasteiger partial charge is 0.171 e. The molecule has 5 heteroatoms. The topological polar surface area (TPSA) is 0 Å². The average Bonchev–Trinajstić information content (AvgIpc) is 1.83. The Labute approximate surface area is 105 Å². The third-order valence-corrected chi connectivity index (χ3v) is 1.61. The molecule has 0 aliphatic carbocycles. The molecule has 0 fully saturated rings. The molecule has 0 saturated heterocycles.